The number of fused-ring (bicyclic) bond motifs is 1. The fourth-order valence-corrected chi connectivity index (χ4v) is 2.95. The predicted octanol–water partition coefficient (Wildman–Crippen LogP) is 2.94. The van der Waals surface area contributed by atoms with Gasteiger partial charge in [-0.05, 0) is 41.3 Å². The molecule has 0 amide bonds. The molecule has 0 saturated heterocycles. The number of nitrogens with zero attached hydrogens (tertiary/aromatic N) is 4. The van der Waals surface area contributed by atoms with E-state index in [4.69, 9.17) is 0 Å². The molecule has 4 aromatic rings. The molecule has 4 rings (SSSR count). The zero-order chi connectivity index (χ0) is 17.8. The fraction of sp³-hybridized carbons (Fsp3) is 0.150. The highest BCUT2D eigenvalue weighted by molar-refractivity contribution is 5.78. The predicted molar refractivity (Wildman–Crippen MR) is 101 cm³/mol. The van der Waals surface area contributed by atoms with Crippen LogP contribution in [0.5, 0.6) is 0 Å². The van der Waals surface area contributed by atoms with Gasteiger partial charge in [0.05, 0.1) is 12.8 Å². The van der Waals surface area contributed by atoms with Crippen LogP contribution in [-0.4, -0.2) is 31.2 Å². The van der Waals surface area contributed by atoms with Crippen LogP contribution in [0.25, 0.3) is 16.8 Å². The van der Waals surface area contributed by atoms with Crippen molar-refractivity contribution in [1.82, 2.24) is 19.6 Å². The van der Waals surface area contributed by atoms with Gasteiger partial charge in [-0.1, -0.05) is 24.3 Å². The number of nitrogens with one attached hydrogen (secondary N) is 1. The van der Waals surface area contributed by atoms with E-state index in [9.17, 15) is 5.11 Å². The first-order chi connectivity index (χ1) is 12.8. The highest BCUT2D eigenvalue weighted by Gasteiger charge is 2.11. The highest BCUT2D eigenvalue weighted by Crippen LogP contribution is 2.25. The molecule has 26 heavy (non-hydrogen) atoms. The van der Waals surface area contributed by atoms with Gasteiger partial charge in [0, 0.05) is 30.7 Å². The molecule has 1 aromatic carbocycles. The Morgan fingerprint density at radius 2 is 1.92 bits per heavy atom. The first kappa shape index (κ1) is 16.2. The number of benzene rings is 1. The molecule has 0 fully saturated rings. The van der Waals surface area contributed by atoms with Crippen molar-refractivity contribution in [2.24, 2.45) is 0 Å². The Labute approximate surface area is 151 Å². The maximum absolute atomic E-state index is 9.36. The Bertz CT molecular complexity index is 1010. The van der Waals surface area contributed by atoms with Gasteiger partial charge in [-0.25, -0.2) is 4.98 Å². The molecule has 6 heteroatoms. The average molecular weight is 345 g/mol. The van der Waals surface area contributed by atoms with Crippen molar-refractivity contribution in [2.75, 3.05) is 11.9 Å². The highest BCUT2D eigenvalue weighted by atomic mass is 16.3. The second-order valence-corrected chi connectivity index (χ2v) is 6.02. The average Bonchev–Trinajstić information content (AvgIpc) is 3.14. The molecule has 0 aliphatic heterocycles. The number of aromatic nitrogens is 4. The maximum Gasteiger partial charge on any atom is 0.165 e. The number of aliphatic hydroxyl groups excluding tert-OH is 1. The molecule has 0 aliphatic rings. The van der Waals surface area contributed by atoms with Crippen molar-refractivity contribution in [3.05, 3.63) is 78.4 Å². The van der Waals surface area contributed by atoms with Gasteiger partial charge in [0.25, 0.3) is 0 Å². The SMILES string of the molecule is OCc1cccc(-c2cnn3c(NCCc4cccnc4)ccnc23)c1. The molecule has 0 bridgehead atoms. The van der Waals surface area contributed by atoms with Crippen molar-refractivity contribution >= 4 is 11.5 Å². The lowest BCUT2D eigenvalue weighted by Crippen LogP contribution is -2.09. The number of pyridine rings is 1. The molecule has 130 valence electrons. The van der Waals surface area contributed by atoms with Crippen LogP contribution in [0.4, 0.5) is 5.82 Å². The van der Waals surface area contributed by atoms with Gasteiger partial charge in [-0.15, -0.1) is 0 Å². The zero-order valence-corrected chi connectivity index (χ0v) is 14.2. The molecule has 0 atom stereocenters. The summed E-state index contributed by atoms with van der Waals surface area (Å²) in [6, 6.07) is 13.7. The minimum atomic E-state index is 0.0155. The molecule has 0 aliphatic carbocycles. The van der Waals surface area contributed by atoms with Gasteiger partial charge in [0.15, 0.2) is 5.65 Å². The summed E-state index contributed by atoms with van der Waals surface area (Å²) < 4.78 is 1.81. The molecule has 3 heterocycles. The Kier molecular flexibility index (Phi) is 4.57. The quantitative estimate of drug-likeness (QED) is 0.562. The van der Waals surface area contributed by atoms with Crippen LogP contribution in [0.2, 0.25) is 0 Å². The van der Waals surface area contributed by atoms with Crippen LogP contribution in [0.1, 0.15) is 11.1 Å². The van der Waals surface area contributed by atoms with Crippen molar-refractivity contribution in [1.29, 1.82) is 0 Å². The number of rotatable bonds is 6. The van der Waals surface area contributed by atoms with Crippen LogP contribution in [0, 0.1) is 0 Å². The van der Waals surface area contributed by atoms with Crippen LogP contribution in [-0.2, 0) is 13.0 Å². The van der Waals surface area contributed by atoms with Crippen LogP contribution in [0.15, 0.2) is 67.3 Å². The molecule has 0 unspecified atom stereocenters. The summed E-state index contributed by atoms with van der Waals surface area (Å²) in [5, 5.41) is 17.3. The zero-order valence-electron chi connectivity index (χ0n) is 14.2. The summed E-state index contributed by atoms with van der Waals surface area (Å²) in [4.78, 5) is 8.63. The lowest BCUT2D eigenvalue weighted by atomic mass is 10.1. The maximum atomic E-state index is 9.36. The fourth-order valence-electron chi connectivity index (χ4n) is 2.95. The topological polar surface area (TPSA) is 75.3 Å². The molecule has 0 radical (unpaired) electrons. The molecule has 0 saturated carbocycles. The van der Waals surface area contributed by atoms with E-state index in [1.807, 2.05) is 53.3 Å². The summed E-state index contributed by atoms with van der Waals surface area (Å²) in [6.07, 6.45) is 8.13. The van der Waals surface area contributed by atoms with Crippen molar-refractivity contribution < 1.29 is 5.11 Å². The lowest BCUT2D eigenvalue weighted by molar-refractivity contribution is 0.282. The Hall–Kier alpha value is -3.25. The third-order valence-electron chi connectivity index (χ3n) is 4.26. The van der Waals surface area contributed by atoms with Gasteiger partial charge in [0.1, 0.15) is 5.82 Å². The van der Waals surface area contributed by atoms with E-state index in [0.29, 0.717) is 0 Å². The van der Waals surface area contributed by atoms with Crippen molar-refractivity contribution in [3.63, 3.8) is 0 Å². The van der Waals surface area contributed by atoms with E-state index in [1.165, 1.54) is 5.56 Å². The van der Waals surface area contributed by atoms with Crippen LogP contribution < -0.4 is 5.32 Å². The van der Waals surface area contributed by atoms with Gasteiger partial charge in [0.2, 0.25) is 0 Å². The summed E-state index contributed by atoms with van der Waals surface area (Å²) in [7, 11) is 0. The van der Waals surface area contributed by atoms with E-state index < -0.39 is 0 Å². The van der Waals surface area contributed by atoms with Crippen LogP contribution >= 0.6 is 0 Å². The summed E-state index contributed by atoms with van der Waals surface area (Å²) in [6.45, 7) is 0.793. The smallest absolute Gasteiger partial charge is 0.165 e. The van der Waals surface area contributed by atoms with Crippen LogP contribution in [0.3, 0.4) is 0 Å². The third kappa shape index (κ3) is 3.27. The summed E-state index contributed by atoms with van der Waals surface area (Å²) in [5.74, 6) is 0.892. The van der Waals surface area contributed by atoms with Crippen molar-refractivity contribution in [3.8, 4) is 11.1 Å². The lowest BCUT2D eigenvalue weighted by Gasteiger charge is -2.08. The van der Waals surface area contributed by atoms with E-state index in [1.54, 1.807) is 12.4 Å². The number of hydrogen-bond acceptors (Lipinski definition) is 5. The second-order valence-electron chi connectivity index (χ2n) is 6.02. The van der Waals surface area contributed by atoms with E-state index in [-0.39, 0.29) is 6.61 Å². The minimum Gasteiger partial charge on any atom is -0.392 e. The van der Waals surface area contributed by atoms with Gasteiger partial charge in [-0.2, -0.15) is 9.61 Å². The third-order valence-corrected chi connectivity index (χ3v) is 4.26. The second kappa shape index (κ2) is 7.33. The largest absolute Gasteiger partial charge is 0.392 e. The number of anilines is 1. The van der Waals surface area contributed by atoms with Gasteiger partial charge < -0.3 is 10.4 Å². The standard InChI is InChI=1S/C20H19N5O/c26-14-16-3-1-5-17(11-16)18-13-24-25-19(7-10-23-20(18)25)22-9-6-15-4-2-8-21-12-15/h1-5,7-8,10-13,22,26H,6,9,14H2. The molecule has 2 N–H and O–H groups in total. The Morgan fingerprint density at radius 3 is 2.77 bits per heavy atom. The molecule has 0 spiro atoms. The summed E-state index contributed by atoms with van der Waals surface area (Å²) >= 11 is 0. The summed E-state index contributed by atoms with van der Waals surface area (Å²) in [5.41, 5.74) is 4.77. The van der Waals surface area contributed by atoms with E-state index in [2.05, 4.69) is 26.4 Å². The Balaban J connectivity index is 1.58. The number of hydrogen-bond donors (Lipinski definition) is 2. The molecule has 6 nitrogen and oxygen atoms in total. The Morgan fingerprint density at radius 1 is 1.00 bits per heavy atom. The van der Waals surface area contributed by atoms with Gasteiger partial charge in [-0.3, -0.25) is 4.98 Å². The molecular weight excluding hydrogens is 326 g/mol. The van der Waals surface area contributed by atoms with E-state index >= 15 is 0 Å². The van der Waals surface area contributed by atoms with Gasteiger partial charge >= 0.3 is 0 Å². The van der Waals surface area contributed by atoms with E-state index in [0.717, 1.165) is 41.1 Å². The normalized spacial score (nSPS) is 11.0. The first-order valence-electron chi connectivity index (χ1n) is 8.51. The number of aliphatic hydroxyl groups is 1. The molecule has 3 aromatic heterocycles. The van der Waals surface area contributed by atoms with Crippen molar-refractivity contribution in [2.45, 2.75) is 13.0 Å². The monoisotopic (exact) mass is 345 g/mol. The first-order valence-corrected chi connectivity index (χ1v) is 8.51. The molecular formula is C20H19N5O. The minimum absolute atomic E-state index is 0.0155.